The van der Waals surface area contributed by atoms with Crippen molar-refractivity contribution in [2.24, 2.45) is 0 Å². The first kappa shape index (κ1) is 31.0. The Kier molecular flexibility index (Phi) is 9.80. The van der Waals surface area contributed by atoms with Crippen molar-refractivity contribution < 1.29 is 16.5 Å². The second-order valence-corrected chi connectivity index (χ2v) is 10.8. The van der Waals surface area contributed by atoms with Gasteiger partial charge in [-0.1, -0.05) is 102 Å². The normalized spacial score (nSPS) is 13.3. The number of aryl methyl sites for hydroxylation is 4. The zero-order valence-corrected chi connectivity index (χ0v) is 27.1. The van der Waals surface area contributed by atoms with Gasteiger partial charge in [0.05, 0.1) is 22.8 Å². The van der Waals surface area contributed by atoms with Crippen LogP contribution in [-0.4, -0.2) is 9.97 Å². The molecule has 41 heavy (non-hydrogen) atoms. The van der Waals surface area contributed by atoms with Crippen LogP contribution in [0.15, 0.2) is 24.3 Å². The standard InChI is InChI=1S/C36H44N4.Ni/c1-9-21-22(10-2)30-18-32-25(13-5)26(14-6)34(39-32)20-36-28(16-8)27(15-7)35(40-36)19-33-24(12-4)23(11-3)31(38-33)17-29(21)37-30;/h17-20H,9-16H2,1-8H3;/q-2;. The van der Waals surface area contributed by atoms with Crippen LogP contribution in [-0.2, 0) is 42.2 Å². The maximum atomic E-state index is 5.25. The third kappa shape index (κ3) is 5.27. The van der Waals surface area contributed by atoms with Crippen LogP contribution in [0.5, 0.6) is 0 Å². The Morgan fingerprint density at radius 3 is 0.780 bits per heavy atom. The second-order valence-electron chi connectivity index (χ2n) is 10.8. The van der Waals surface area contributed by atoms with E-state index < -0.39 is 0 Å². The SMILES string of the molecule is CCC1=C(CC)c2cc3[n-]c(cc4nc(cc5[n-]c(cc1n2)c(CC)c5CC)C(CC)=C4CC)c(CC)c3CC.[Ni]. The van der Waals surface area contributed by atoms with Crippen LogP contribution >= 0.6 is 0 Å². The summed E-state index contributed by atoms with van der Waals surface area (Å²) < 4.78 is 0. The molecule has 0 atom stereocenters. The van der Waals surface area contributed by atoms with Gasteiger partial charge in [-0.05, 0) is 73.7 Å². The molecule has 5 heterocycles. The van der Waals surface area contributed by atoms with Crippen molar-refractivity contribution in [1.29, 1.82) is 0 Å². The molecular weight excluding hydrogens is 547 g/mol. The van der Waals surface area contributed by atoms with Gasteiger partial charge in [-0.3, -0.25) is 0 Å². The van der Waals surface area contributed by atoms with Crippen molar-refractivity contribution in [2.45, 2.75) is 107 Å². The first-order valence-electron chi connectivity index (χ1n) is 15.6. The molecule has 2 aliphatic rings. The molecule has 0 spiro atoms. The molecule has 0 unspecified atom stereocenters. The summed E-state index contributed by atoms with van der Waals surface area (Å²) in [5.74, 6) is 0. The summed E-state index contributed by atoms with van der Waals surface area (Å²) in [6.45, 7) is 17.9. The third-order valence-corrected chi connectivity index (χ3v) is 8.82. The summed E-state index contributed by atoms with van der Waals surface area (Å²) in [6.07, 6.45) is 7.60. The Balaban J connectivity index is 0.00000387. The Labute approximate surface area is 256 Å². The number of hydrogen-bond acceptors (Lipinski definition) is 2. The molecule has 220 valence electrons. The zero-order chi connectivity index (χ0) is 28.6. The van der Waals surface area contributed by atoms with Gasteiger partial charge in [0, 0.05) is 16.5 Å². The monoisotopic (exact) mass is 590 g/mol. The molecular formula is C36H44N4Ni-2. The third-order valence-electron chi connectivity index (χ3n) is 8.82. The minimum atomic E-state index is 0. The molecule has 0 aliphatic carbocycles. The van der Waals surface area contributed by atoms with Crippen LogP contribution < -0.4 is 9.97 Å². The summed E-state index contributed by atoms with van der Waals surface area (Å²) in [7, 11) is 0. The predicted octanol–water partition coefficient (Wildman–Crippen LogP) is 9.28. The van der Waals surface area contributed by atoms with Crippen molar-refractivity contribution in [3.63, 3.8) is 0 Å². The number of aromatic nitrogens is 4. The van der Waals surface area contributed by atoms with E-state index in [4.69, 9.17) is 19.9 Å². The molecule has 0 saturated carbocycles. The molecule has 2 aliphatic heterocycles. The van der Waals surface area contributed by atoms with Crippen molar-refractivity contribution in [1.82, 2.24) is 19.9 Å². The van der Waals surface area contributed by atoms with Crippen LogP contribution in [0.4, 0.5) is 0 Å². The minimum absolute atomic E-state index is 0. The van der Waals surface area contributed by atoms with E-state index in [9.17, 15) is 0 Å². The average Bonchev–Trinajstić information content (AvgIpc) is 3.67. The number of rotatable bonds is 8. The summed E-state index contributed by atoms with van der Waals surface area (Å²) in [6, 6.07) is 8.98. The van der Waals surface area contributed by atoms with Crippen LogP contribution in [0.1, 0.15) is 126 Å². The van der Waals surface area contributed by atoms with Crippen molar-refractivity contribution >= 4 is 44.4 Å². The number of fused-ring (bicyclic) bond motifs is 8. The minimum Gasteiger partial charge on any atom is -0.657 e. The van der Waals surface area contributed by atoms with Crippen molar-refractivity contribution in [2.75, 3.05) is 0 Å². The molecule has 5 heteroatoms. The Hall–Kier alpha value is -2.91. The van der Waals surface area contributed by atoms with Crippen LogP contribution in [0.25, 0.3) is 44.4 Å². The largest absolute Gasteiger partial charge is 0.657 e. The Morgan fingerprint density at radius 2 is 0.610 bits per heavy atom. The van der Waals surface area contributed by atoms with Gasteiger partial charge in [-0.2, -0.15) is 0 Å². The fourth-order valence-corrected chi connectivity index (χ4v) is 6.92. The molecule has 5 rings (SSSR count). The summed E-state index contributed by atoms with van der Waals surface area (Å²) in [5, 5.41) is 0. The topological polar surface area (TPSA) is 54.0 Å². The zero-order valence-electron chi connectivity index (χ0n) is 26.1. The van der Waals surface area contributed by atoms with Gasteiger partial charge < -0.3 is 9.97 Å². The molecule has 4 nitrogen and oxygen atoms in total. The van der Waals surface area contributed by atoms with Crippen LogP contribution in [0.3, 0.4) is 0 Å². The Morgan fingerprint density at radius 1 is 0.390 bits per heavy atom. The van der Waals surface area contributed by atoms with Gasteiger partial charge in [0.25, 0.3) is 0 Å². The van der Waals surface area contributed by atoms with Gasteiger partial charge in [0.1, 0.15) is 0 Å². The summed E-state index contributed by atoms with van der Waals surface area (Å²) >= 11 is 0. The van der Waals surface area contributed by atoms with E-state index >= 15 is 0 Å². The second kappa shape index (κ2) is 12.9. The predicted molar refractivity (Wildman–Crippen MR) is 171 cm³/mol. The van der Waals surface area contributed by atoms with Gasteiger partial charge in [0.15, 0.2) is 0 Å². The van der Waals surface area contributed by atoms with Crippen LogP contribution in [0.2, 0.25) is 0 Å². The molecule has 0 fully saturated rings. The Bertz CT molecular complexity index is 1440. The fraction of sp³-hybridized carbons (Fsp3) is 0.444. The molecule has 0 N–H and O–H groups in total. The molecule has 0 radical (unpaired) electrons. The van der Waals surface area contributed by atoms with Crippen molar-refractivity contribution in [3.8, 4) is 0 Å². The van der Waals surface area contributed by atoms with Gasteiger partial charge in [-0.15, -0.1) is 22.1 Å². The van der Waals surface area contributed by atoms with E-state index in [1.54, 1.807) is 0 Å². The number of nitrogens with zero attached hydrogens (tertiary/aromatic N) is 4. The molecule has 0 aromatic carbocycles. The van der Waals surface area contributed by atoms with Gasteiger partial charge >= 0.3 is 0 Å². The van der Waals surface area contributed by atoms with E-state index in [1.165, 1.54) is 44.5 Å². The average molecular weight is 591 g/mol. The smallest absolute Gasteiger partial charge is 0.0660 e. The first-order chi connectivity index (χ1) is 19.5. The summed E-state index contributed by atoms with van der Waals surface area (Å²) in [5.41, 5.74) is 19.1. The number of allylic oxidation sites excluding steroid dienone is 4. The van der Waals surface area contributed by atoms with E-state index in [2.05, 4.69) is 79.7 Å². The van der Waals surface area contributed by atoms with Gasteiger partial charge in [0.2, 0.25) is 0 Å². The molecule has 3 aromatic rings. The van der Waals surface area contributed by atoms with E-state index in [1.807, 2.05) is 0 Å². The van der Waals surface area contributed by atoms with E-state index in [0.717, 1.165) is 96.2 Å². The van der Waals surface area contributed by atoms with E-state index in [0.29, 0.717) is 0 Å². The quantitative estimate of drug-likeness (QED) is 0.245. The van der Waals surface area contributed by atoms with Crippen LogP contribution in [0, 0.1) is 0 Å². The maximum Gasteiger partial charge on any atom is 0.0660 e. The van der Waals surface area contributed by atoms with Crippen molar-refractivity contribution in [3.05, 3.63) is 69.3 Å². The number of hydrogen-bond donors (Lipinski definition) is 0. The van der Waals surface area contributed by atoms with E-state index in [-0.39, 0.29) is 16.5 Å². The molecule has 3 aromatic heterocycles. The molecule has 0 amide bonds. The summed E-state index contributed by atoms with van der Waals surface area (Å²) in [4.78, 5) is 21.0. The van der Waals surface area contributed by atoms with Gasteiger partial charge in [-0.25, -0.2) is 9.97 Å². The molecule has 8 bridgehead atoms. The first-order valence-corrected chi connectivity index (χ1v) is 15.6. The fourth-order valence-electron chi connectivity index (χ4n) is 6.92. The molecule has 0 saturated heterocycles. The maximum absolute atomic E-state index is 5.25.